The molecule has 39 heteroatoms. The van der Waals surface area contributed by atoms with Gasteiger partial charge in [0.15, 0.2) is 45.6 Å². The van der Waals surface area contributed by atoms with Gasteiger partial charge in [0.25, 0.3) is 0 Å². The summed E-state index contributed by atoms with van der Waals surface area (Å²) >= 11 is 51.5. The maximum atomic E-state index is 13.1. The Morgan fingerprint density at radius 2 is 0.695 bits per heavy atom. The van der Waals surface area contributed by atoms with E-state index in [1.54, 1.807) is 174 Å². The lowest BCUT2D eigenvalue weighted by atomic mass is 9.85. The van der Waals surface area contributed by atoms with Crippen molar-refractivity contribution in [1.29, 1.82) is 0 Å². The van der Waals surface area contributed by atoms with Crippen LogP contribution >= 0.6 is 109 Å². The topological polar surface area (TPSA) is 365 Å². The summed E-state index contributed by atoms with van der Waals surface area (Å²) < 4.78 is 92.7. The summed E-state index contributed by atoms with van der Waals surface area (Å²) in [6.45, 7) is 29.7. The fourth-order valence-electron chi connectivity index (χ4n) is 11.7. The van der Waals surface area contributed by atoms with Gasteiger partial charge in [0.2, 0.25) is 10.0 Å². The Balaban J connectivity index is 0.000000209. The molecule has 0 aliphatic heterocycles. The van der Waals surface area contributed by atoms with Crippen molar-refractivity contribution in [2.75, 3.05) is 26.5 Å². The van der Waals surface area contributed by atoms with Crippen molar-refractivity contribution in [3.05, 3.63) is 205 Å². The highest BCUT2D eigenvalue weighted by Crippen LogP contribution is 2.39. The first-order chi connectivity index (χ1) is 59.9. The maximum Gasteiger partial charge on any atom is 0.451 e. The molecule has 4 heterocycles. The molecule has 0 saturated carbocycles. The number of aromatic nitrogens is 4. The molecule has 12 aromatic rings. The molecule has 28 nitrogen and oxygen atoms in total. The fourth-order valence-corrected chi connectivity index (χ4v) is 13.8. The molecule has 0 spiro atoms. The summed E-state index contributed by atoms with van der Waals surface area (Å²) in [6, 6.07) is 35.0. The summed E-state index contributed by atoms with van der Waals surface area (Å²) in [4.78, 5) is 53.6. The number of rotatable bonds is 24. The molecule has 8 aromatic carbocycles. The molecule has 4 amide bonds. The van der Waals surface area contributed by atoms with Crippen molar-refractivity contribution < 1.29 is 93.6 Å². The monoisotopic (exact) mass is 2000 g/mol. The van der Waals surface area contributed by atoms with E-state index in [2.05, 4.69) is 62.0 Å². The van der Waals surface area contributed by atoms with Crippen LogP contribution < -0.4 is 39.2 Å². The Hall–Kier alpha value is -9.35. The number of carbonyl (C=O) groups excluding carboxylic acids is 4. The third-order valence-corrected chi connectivity index (χ3v) is 21.5. The SMILES string of the molecule is CC(C)(C)OC(=O)N(C(=O)OC(C)(C)C)c1noc2cc(COc3ccc(Cl)c(Cl)c3)c(Br)cc12.CCCB(O)O.CCCc1cc2c(N(C(=O)OC(C)(C)C)C(=O)OC(C)(C)C)noc2cc1COc1ccc(Cl)c(Cl)c1.CCCc1cc2c(N)noc2cc1COc1ccc(Cl)c(Cl)c1.CCCc1cc2c(NS(C)(=O)=O)noc2cc1COc1ccc(Cl)c(Cl)c1. The molecule has 0 bridgehead atoms. The summed E-state index contributed by atoms with van der Waals surface area (Å²) in [7, 11) is -4.55. The predicted octanol–water partition coefficient (Wildman–Crippen LogP) is 26.7. The molecule has 4 aromatic heterocycles. The van der Waals surface area contributed by atoms with Crippen molar-refractivity contribution in [3.8, 4) is 23.0 Å². The van der Waals surface area contributed by atoms with Crippen LogP contribution in [0.4, 0.5) is 42.4 Å². The number of nitrogens with two attached hydrogens (primary N) is 1. The van der Waals surface area contributed by atoms with Crippen LogP contribution in [0.25, 0.3) is 43.9 Å². The third-order valence-electron chi connectivity index (χ3n) is 17.3. The lowest BCUT2D eigenvalue weighted by molar-refractivity contribution is 0.0406. The molecule has 5 N–H and O–H groups in total. The smallest absolute Gasteiger partial charge is 0.451 e. The normalized spacial score (nSPS) is 11.6. The number of amides is 4. The van der Waals surface area contributed by atoms with Crippen LogP contribution in [0.5, 0.6) is 23.0 Å². The Labute approximate surface area is 790 Å². The van der Waals surface area contributed by atoms with Crippen molar-refractivity contribution >= 4 is 217 Å². The van der Waals surface area contributed by atoms with Crippen molar-refractivity contribution in [2.45, 2.75) is 211 Å². The van der Waals surface area contributed by atoms with Crippen LogP contribution in [0.1, 0.15) is 175 Å². The molecule has 0 unspecified atom stereocenters. The Morgan fingerprint density at radius 3 is 1.00 bits per heavy atom. The van der Waals surface area contributed by atoms with E-state index in [1.165, 1.54) is 5.56 Å². The standard InChI is InChI=1S/C27H32Cl2N2O6.C24H25BrCl2N2O6.C18H18Cl2N2O4S.C17H16Cl2N2O2.C3H9BO2/c1-8-9-16-12-19-22(13-17(16)15-34-18-10-11-20(28)21(29)14-18)37-30-23(19)31(24(32)35-26(2,3)4)25(33)36-27(5,6)7;1-23(2,3)33-21(30)29(22(31)34-24(4,5)6)20-15-11-16(25)13(9-19(15)35-28-20)12-32-14-7-8-17(26)18(27)10-14;1-3-4-11-7-14-17(26-21-18(14)22-27(2,23)24)8-12(11)10-25-13-5-6-15(19)16(20)9-13;1-2-3-10-6-13-16(23-21-17(13)20)7-11(10)9-22-12-4-5-14(18)15(19)8-12;1-2-3-4(5)6/h10-14H,8-9,15H2,1-7H3;7-11H,12H2,1-6H3;5-9H,3-4,10H2,1-2H3,(H,21,22);4-8H,2-3,9H2,1H3,(H2,20,21);5-6H,2-3H2,1H3. The number of aryl methyl sites for hydroxylation is 3. The number of anilines is 4. The van der Waals surface area contributed by atoms with E-state index in [0.29, 0.717) is 131 Å². The van der Waals surface area contributed by atoms with Crippen molar-refractivity contribution in [2.24, 2.45) is 0 Å². The highest BCUT2D eigenvalue weighted by molar-refractivity contribution is 9.10. The molecule has 688 valence electrons. The van der Waals surface area contributed by atoms with Crippen molar-refractivity contribution in [3.63, 3.8) is 0 Å². The molecule has 0 aliphatic rings. The second kappa shape index (κ2) is 46.0. The molecule has 0 aliphatic carbocycles. The number of hydrogen-bond acceptors (Lipinski definition) is 25. The number of hydrogen-bond donors (Lipinski definition) is 4. The van der Waals surface area contributed by atoms with Crippen LogP contribution in [0.15, 0.2) is 144 Å². The summed E-state index contributed by atoms with van der Waals surface area (Å²) in [6.07, 6.45) is 3.93. The first-order valence-electron chi connectivity index (χ1n) is 40.2. The van der Waals surface area contributed by atoms with E-state index >= 15 is 0 Å². The van der Waals surface area contributed by atoms with Gasteiger partial charge in [-0.2, -0.15) is 9.80 Å². The third kappa shape index (κ3) is 31.2. The molecule has 0 radical (unpaired) electrons. The van der Waals surface area contributed by atoms with Crippen LogP contribution in [-0.4, -0.2) is 99.2 Å². The van der Waals surface area contributed by atoms with E-state index in [9.17, 15) is 27.6 Å². The molecule has 128 heavy (non-hydrogen) atoms. The maximum absolute atomic E-state index is 13.1. The van der Waals surface area contributed by atoms with E-state index in [-0.39, 0.29) is 30.7 Å². The van der Waals surface area contributed by atoms with Gasteiger partial charge in [0, 0.05) is 34.3 Å². The van der Waals surface area contributed by atoms with E-state index in [0.717, 1.165) is 99.8 Å². The number of nitrogen functional groups attached to an aromatic ring is 1. The molecule has 0 fully saturated rings. The lowest BCUT2D eigenvalue weighted by Gasteiger charge is -2.27. The average Bonchev–Trinajstić information content (AvgIpc) is 1.62. The summed E-state index contributed by atoms with van der Waals surface area (Å²) in [5.41, 5.74) is 11.0. The van der Waals surface area contributed by atoms with Gasteiger partial charge in [-0.3, -0.25) is 4.72 Å². The number of fused-ring (bicyclic) bond motifs is 4. The van der Waals surface area contributed by atoms with E-state index < -0.39 is 63.9 Å². The minimum Gasteiger partial charge on any atom is -0.489 e. The first kappa shape index (κ1) is 104. The number of halogens is 9. The van der Waals surface area contributed by atoms with E-state index in [1.807, 2.05) is 37.3 Å². The van der Waals surface area contributed by atoms with Crippen LogP contribution in [0.2, 0.25) is 46.5 Å². The number of carbonyl (C=O) groups is 4. The first-order valence-corrected chi connectivity index (χ1v) is 45.9. The second-order valence-electron chi connectivity index (χ2n) is 32.8. The highest BCUT2D eigenvalue weighted by Gasteiger charge is 2.39. The predicted molar refractivity (Wildman–Crippen MR) is 507 cm³/mol. The minimum atomic E-state index is -3.45. The summed E-state index contributed by atoms with van der Waals surface area (Å²) in [5.74, 6) is 2.90. The second-order valence-corrected chi connectivity index (χ2v) is 38.7. The van der Waals surface area contributed by atoms with Gasteiger partial charge in [-0.1, -0.05) is 183 Å². The van der Waals surface area contributed by atoms with Gasteiger partial charge in [-0.05, 0) is 239 Å². The Kier molecular flexibility index (Phi) is 37.3. The van der Waals surface area contributed by atoms with Crippen LogP contribution in [0, 0.1) is 0 Å². The van der Waals surface area contributed by atoms with Crippen LogP contribution in [-0.2, 0) is 74.7 Å². The fraction of sp³-hybridized carbons (Fsp3) is 0.371. The van der Waals surface area contributed by atoms with Gasteiger partial charge in [0.05, 0.1) is 68.0 Å². The van der Waals surface area contributed by atoms with Crippen molar-refractivity contribution in [1.82, 2.24) is 20.6 Å². The highest BCUT2D eigenvalue weighted by atomic mass is 79.9. The number of sulfonamides is 1. The quantitative estimate of drug-likeness (QED) is 0.0322. The molecule has 12 rings (SSSR count). The minimum absolute atomic E-state index is 0.00666. The van der Waals surface area contributed by atoms with Crippen LogP contribution in [0.3, 0.4) is 0 Å². The zero-order valence-electron chi connectivity index (χ0n) is 73.4. The average molecular weight is 2010 g/mol. The number of nitrogens with one attached hydrogen (secondary N) is 1. The van der Waals surface area contributed by atoms with Gasteiger partial charge < -0.3 is 71.8 Å². The Bertz CT molecular complexity index is 5950. The lowest BCUT2D eigenvalue weighted by Crippen LogP contribution is -2.44. The molecule has 0 saturated heterocycles. The molecule has 0 atom stereocenters. The molecular formula is C89H100BBrCl8N8O20S. The molecular weight excluding hydrogens is 1910 g/mol. The zero-order valence-corrected chi connectivity index (χ0v) is 81.9. The summed E-state index contributed by atoms with van der Waals surface area (Å²) in [5, 5.41) is 37.7. The number of nitrogens with zero attached hydrogens (tertiary/aromatic N) is 6. The number of imide groups is 2. The largest absolute Gasteiger partial charge is 0.489 e. The van der Waals surface area contributed by atoms with E-state index in [4.69, 9.17) is 165 Å². The number of benzene rings is 8. The van der Waals surface area contributed by atoms with Gasteiger partial charge in [-0.25, -0.2) is 27.6 Å². The Morgan fingerprint density at radius 1 is 0.406 bits per heavy atom. The van der Waals surface area contributed by atoms with Gasteiger partial charge in [0.1, 0.15) is 71.8 Å². The van der Waals surface area contributed by atoms with Gasteiger partial charge >= 0.3 is 31.5 Å². The zero-order chi connectivity index (χ0) is 94.7. The number of ether oxygens (including phenoxy) is 8. The van der Waals surface area contributed by atoms with Gasteiger partial charge in [-0.15, -0.1) is 0 Å².